The van der Waals surface area contributed by atoms with E-state index in [4.69, 9.17) is 36.0 Å². The SMILES string of the molecule is C=CC(=O)OC(C)(CCl)C(=O)O.O=P(O)(O)O. The Labute approximate surface area is 102 Å². The number of carbonyl (C=O) groups is 2. The summed E-state index contributed by atoms with van der Waals surface area (Å²) in [5.41, 5.74) is -1.67. The van der Waals surface area contributed by atoms with Gasteiger partial charge in [0.1, 0.15) is 0 Å². The molecule has 1 unspecified atom stereocenters. The predicted molar refractivity (Wildman–Crippen MR) is 57.3 cm³/mol. The minimum Gasteiger partial charge on any atom is -0.478 e. The molecule has 0 aliphatic heterocycles. The summed E-state index contributed by atoms with van der Waals surface area (Å²) in [6.45, 7) is 4.34. The summed E-state index contributed by atoms with van der Waals surface area (Å²) in [7, 11) is -4.64. The van der Waals surface area contributed by atoms with E-state index in [1.165, 1.54) is 6.92 Å². The molecule has 0 rings (SSSR count). The first-order chi connectivity index (χ1) is 7.46. The van der Waals surface area contributed by atoms with Crippen molar-refractivity contribution in [1.82, 2.24) is 0 Å². The standard InChI is InChI=1S/C7H9ClO4.H3O4P/c1-3-5(9)12-7(2,4-8)6(10)11;1-5(2,3)4/h3H,1,4H2,2H3,(H,10,11);(H3,1,2,3,4). The van der Waals surface area contributed by atoms with Crippen molar-refractivity contribution in [1.29, 1.82) is 0 Å². The van der Waals surface area contributed by atoms with Crippen molar-refractivity contribution < 1.29 is 38.7 Å². The maximum Gasteiger partial charge on any atom is 0.466 e. The molecule has 1 atom stereocenters. The molecule has 0 aromatic rings. The molecule has 0 amide bonds. The van der Waals surface area contributed by atoms with E-state index in [1.54, 1.807) is 0 Å². The number of aliphatic carboxylic acids is 1. The lowest BCUT2D eigenvalue weighted by atomic mass is 10.1. The van der Waals surface area contributed by atoms with Crippen LogP contribution in [-0.2, 0) is 18.9 Å². The lowest BCUT2D eigenvalue weighted by Crippen LogP contribution is -2.41. The lowest BCUT2D eigenvalue weighted by molar-refractivity contribution is -0.170. The molecule has 0 saturated carbocycles. The highest BCUT2D eigenvalue weighted by Crippen LogP contribution is 2.25. The molecule has 0 spiro atoms. The average Bonchev–Trinajstić information content (AvgIpc) is 2.14. The van der Waals surface area contributed by atoms with E-state index < -0.39 is 25.4 Å². The normalized spacial score (nSPS) is 13.7. The van der Waals surface area contributed by atoms with Crippen molar-refractivity contribution in [2.45, 2.75) is 12.5 Å². The lowest BCUT2D eigenvalue weighted by Gasteiger charge is -2.20. The smallest absolute Gasteiger partial charge is 0.466 e. The summed E-state index contributed by atoms with van der Waals surface area (Å²) in [5.74, 6) is -2.39. The molecule has 10 heteroatoms. The van der Waals surface area contributed by atoms with E-state index >= 15 is 0 Å². The van der Waals surface area contributed by atoms with Crippen LogP contribution in [0.4, 0.5) is 0 Å². The largest absolute Gasteiger partial charge is 0.478 e. The van der Waals surface area contributed by atoms with Crippen LogP contribution in [0.2, 0.25) is 0 Å². The second-order valence-corrected chi connectivity index (χ2v) is 4.10. The molecule has 4 N–H and O–H groups in total. The van der Waals surface area contributed by atoms with Gasteiger partial charge in [-0.25, -0.2) is 14.2 Å². The number of rotatable bonds is 4. The summed E-state index contributed by atoms with van der Waals surface area (Å²) in [5, 5.41) is 8.58. The van der Waals surface area contributed by atoms with Gasteiger partial charge in [-0.1, -0.05) is 6.58 Å². The van der Waals surface area contributed by atoms with Gasteiger partial charge < -0.3 is 24.5 Å². The number of carboxylic acids is 1. The minimum absolute atomic E-state index is 0.304. The number of ether oxygens (including phenoxy) is 1. The maximum absolute atomic E-state index is 10.6. The van der Waals surface area contributed by atoms with Crippen molar-refractivity contribution in [3.8, 4) is 0 Å². The van der Waals surface area contributed by atoms with Crippen LogP contribution < -0.4 is 0 Å². The van der Waals surface area contributed by atoms with Crippen LogP contribution in [0.1, 0.15) is 6.92 Å². The fourth-order valence-electron chi connectivity index (χ4n) is 0.392. The van der Waals surface area contributed by atoms with Crippen LogP contribution in [0.25, 0.3) is 0 Å². The fraction of sp³-hybridized carbons (Fsp3) is 0.429. The van der Waals surface area contributed by atoms with E-state index in [9.17, 15) is 9.59 Å². The number of hydrogen-bond acceptors (Lipinski definition) is 4. The van der Waals surface area contributed by atoms with Crippen LogP contribution in [0, 0.1) is 0 Å². The highest BCUT2D eigenvalue weighted by molar-refractivity contribution is 7.45. The van der Waals surface area contributed by atoms with Crippen molar-refractivity contribution in [2.75, 3.05) is 5.88 Å². The Bertz CT molecular complexity index is 329. The third-order valence-electron chi connectivity index (χ3n) is 1.20. The van der Waals surface area contributed by atoms with Crippen molar-refractivity contribution in [3.05, 3.63) is 12.7 Å². The molecule has 0 aliphatic rings. The third kappa shape index (κ3) is 11.3. The van der Waals surface area contributed by atoms with Crippen LogP contribution >= 0.6 is 19.4 Å². The molecule has 8 nitrogen and oxygen atoms in total. The van der Waals surface area contributed by atoms with Gasteiger partial charge >= 0.3 is 19.8 Å². The molecule has 0 bridgehead atoms. The van der Waals surface area contributed by atoms with Crippen LogP contribution in [0.3, 0.4) is 0 Å². The molecular formula is C7H12ClO8P. The van der Waals surface area contributed by atoms with E-state index in [-0.39, 0.29) is 5.88 Å². The van der Waals surface area contributed by atoms with Crippen molar-refractivity contribution in [3.63, 3.8) is 0 Å². The molecule has 17 heavy (non-hydrogen) atoms. The van der Waals surface area contributed by atoms with Gasteiger partial charge in [-0.15, -0.1) is 11.6 Å². The number of alkyl halides is 1. The first kappa shape index (κ1) is 18.4. The zero-order valence-electron chi connectivity index (χ0n) is 8.74. The molecule has 0 heterocycles. The summed E-state index contributed by atoms with van der Waals surface area (Å²) in [6, 6.07) is 0. The van der Waals surface area contributed by atoms with Gasteiger partial charge in [-0.3, -0.25) is 0 Å². The molecule has 0 aliphatic carbocycles. The first-order valence-electron chi connectivity index (χ1n) is 3.89. The highest BCUT2D eigenvalue weighted by atomic mass is 35.5. The zero-order valence-corrected chi connectivity index (χ0v) is 10.4. The van der Waals surface area contributed by atoms with Gasteiger partial charge in [0, 0.05) is 6.08 Å². The summed E-state index contributed by atoms with van der Waals surface area (Å²) in [4.78, 5) is 42.7. The monoisotopic (exact) mass is 290 g/mol. The van der Waals surface area contributed by atoms with Gasteiger partial charge in [0.05, 0.1) is 5.88 Å². The molecule has 0 aromatic carbocycles. The summed E-state index contributed by atoms with van der Waals surface area (Å²) < 4.78 is 13.4. The highest BCUT2D eigenvalue weighted by Gasteiger charge is 2.35. The summed E-state index contributed by atoms with van der Waals surface area (Å²) >= 11 is 5.31. The molecule has 100 valence electrons. The Morgan fingerprint density at radius 1 is 1.47 bits per heavy atom. The Kier molecular flexibility index (Phi) is 8.04. The van der Waals surface area contributed by atoms with Crippen molar-refractivity contribution >= 4 is 31.4 Å². The minimum atomic E-state index is -4.64. The van der Waals surface area contributed by atoms with Gasteiger partial charge in [0.15, 0.2) is 0 Å². The van der Waals surface area contributed by atoms with E-state index in [0.717, 1.165) is 6.08 Å². The average molecular weight is 291 g/mol. The quantitative estimate of drug-likeness (QED) is 0.243. The number of halogens is 1. The van der Waals surface area contributed by atoms with Gasteiger partial charge in [-0.05, 0) is 6.92 Å². The topological polar surface area (TPSA) is 141 Å². The van der Waals surface area contributed by atoms with E-state index in [0.29, 0.717) is 0 Å². The Balaban J connectivity index is 0. The Hall–Kier alpha value is -0.920. The number of esters is 1. The zero-order chi connectivity index (χ0) is 14.3. The van der Waals surface area contributed by atoms with Gasteiger partial charge in [0.25, 0.3) is 0 Å². The molecule has 0 radical (unpaired) electrons. The van der Waals surface area contributed by atoms with Crippen LogP contribution in [-0.4, -0.2) is 43.2 Å². The summed E-state index contributed by atoms with van der Waals surface area (Å²) in [6.07, 6.45) is 0.883. The molecule has 0 saturated heterocycles. The number of carbonyl (C=O) groups excluding carboxylic acids is 1. The predicted octanol–water partition coefficient (Wildman–Crippen LogP) is -0.131. The Morgan fingerprint density at radius 2 is 1.82 bits per heavy atom. The first-order valence-corrected chi connectivity index (χ1v) is 5.99. The second kappa shape index (κ2) is 7.41. The maximum atomic E-state index is 10.6. The third-order valence-corrected chi connectivity index (χ3v) is 1.71. The fourth-order valence-corrected chi connectivity index (χ4v) is 0.561. The van der Waals surface area contributed by atoms with Crippen LogP contribution in [0.15, 0.2) is 12.7 Å². The van der Waals surface area contributed by atoms with Crippen LogP contribution in [0.5, 0.6) is 0 Å². The molecule has 0 aromatic heterocycles. The second-order valence-electron chi connectivity index (χ2n) is 2.81. The van der Waals surface area contributed by atoms with Crippen molar-refractivity contribution in [2.24, 2.45) is 0 Å². The Morgan fingerprint density at radius 3 is 2.00 bits per heavy atom. The molecular weight excluding hydrogens is 278 g/mol. The van der Waals surface area contributed by atoms with Gasteiger partial charge in [-0.2, -0.15) is 0 Å². The van der Waals surface area contributed by atoms with E-state index in [2.05, 4.69) is 11.3 Å². The number of hydrogen-bond donors (Lipinski definition) is 4. The van der Waals surface area contributed by atoms with E-state index in [1.807, 2.05) is 0 Å². The molecule has 0 fully saturated rings. The number of carboxylic acid groups (broad SMARTS) is 1. The number of phosphoric acid groups is 1. The van der Waals surface area contributed by atoms with Gasteiger partial charge in [0.2, 0.25) is 5.60 Å².